The predicted molar refractivity (Wildman–Crippen MR) is 57.1 cm³/mol. The Morgan fingerprint density at radius 2 is 1.94 bits per heavy atom. The fourth-order valence-electron chi connectivity index (χ4n) is 1.18. The van der Waals surface area contributed by atoms with Crippen molar-refractivity contribution >= 4 is 12.4 Å². The van der Waals surface area contributed by atoms with Gasteiger partial charge in [-0.1, -0.05) is 5.46 Å². The second kappa shape index (κ2) is 5.40. The molecule has 0 saturated heterocycles. The molecule has 0 heterocycles. The summed E-state index contributed by atoms with van der Waals surface area (Å²) in [4.78, 5) is 0. The number of hydrogen-bond acceptors (Lipinski definition) is 2. The first-order chi connectivity index (χ1) is 7.84. The summed E-state index contributed by atoms with van der Waals surface area (Å²) in [6.45, 7) is -3.67. The Morgan fingerprint density at radius 1 is 1.29 bits per heavy atom. The molecule has 0 aliphatic heterocycles. The van der Waals surface area contributed by atoms with E-state index in [0.29, 0.717) is 6.07 Å². The molecule has 0 N–H and O–H groups in total. The molecule has 2 nitrogen and oxygen atoms in total. The van der Waals surface area contributed by atoms with Gasteiger partial charge >= 0.3 is 6.98 Å². The lowest BCUT2D eigenvalue weighted by Gasteiger charge is -2.21. The molecule has 0 saturated carbocycles. The molecule has 17 heavy (non-hydrogen) atoms. The third-order valence-electron chi connectivity index (χ3n) is 2.20. The summed E-state index contributed by atoms with van der Waals surface area (Å²) in [6.07, 6.45) is -0.339. The maximum Gasteiger partial charge on any atom is 0.513 e. The Hall–Kier alpha value is -1.24. The molecule has 0 aliphatic rings. The molecule has 1 unspecified atom stereocenters. The summed E-state index contributed by atoms with van der Waals surface area (Å²) < 4.78 is 60.5. The van der Waals surface area contributed by atoms with E-state index in [1.807, 2.05) is 0 Å². The molecule has 1 rings (SSSR count). The van der Waals surface area contributed by atoms with Gasteiger partial charge in [-0.15, -0.1) is 0 Å². The van der Waals surface area contributed by atoms with Crippen LogP contribution in [-0.2, 0) is 4.74 Å². The van der Waals surface area contributed by atoms with Gasteiger partial charge in [-0.3, -0.25) is 0 Å². The molecule has 1 aromatic carbocycles. The van der Waals surface area contributed by atoms with Crippen molar-refractivity contribution in [1.29, 1.82) is 0 Å². The van der Waals surface area contributed by atoms with E-state index >= 15 is 0 Å². The normalized spacial score (nSPS) is 13.5. The Bertz CT molecular complexity index is 381. The van der Waals surface area contributed by atoms with Gasteiger partial charge in [0.2, 0.25) is 0 Å². The highest BCUT2D eigenvalue weighted by molar-refractivity contribution is 6.74. The summed E-state index contributed by atoms with van der Waals surface area (Å²) in [5.74, 6) is -1.31. The van der Waals surface area contributed by atoms with E-state index in [4.69, 9.17) is 9.47 Å². The third kappa shape index (κ3) is 3.92. The Kier molecular flexibility index (Phi) is 4.39. The van der Waals surface area contributed by atoms with Crippen LogP contribution in [0.5, 0.6) is 5.75 Å². The average Bonchev–Trinajstić information content (AvgIpc) is 2.25. The van der Waals surface area contributed by atoms with Crippen molar-refractivity contribution < 1.29 is 26.8 Å². The first-order valence-electron chi connectivity index (χ1n) is 4.99. The van der Waals surface area contributed by atoms with E-state index in [1.54, 1.807) is 6.92 Å². The van der Waals surface area contributed by atoms with Crippen LogP contribution < -0.4 is 10.2 Å². The van der Waals surface area contributed by atoms with E-state index < -0.39 is 18.3 Å². The van der Waals surface area contributed by atoms with E-state index in [9.17, 15) is 17.3 Å². The molecule has 0 bridgehead atoms. The first kappa shape index (κ1) is 13.8. The van der Waals surface area contributed by atoms with Gasteiger partial charge in [0.15, 0.2) is 0 Å². The molecule has 0 spiro atoms. The van der Waals surface area contributed by atoms with Crippen molar-refractivity contribution in [1.82, 2.24) is 0 Å². The monoisotopic (exact) mass is 251 g/mol. The zero-order chi connectivity index (χ0) is 13.1. The minimum Gasteiger partial charge on any atom is -0.494 e. The van der Waals surface area contributed by atoms with Gasteiger partial charge in [0.25, 0.3) is 0 Å². The highest BCUT2D eigenvalue weighted by Crippen LogP contribution is 2.19. The van der Waals surface area contributed by atoms with Gasteiger partial charge in [0.1, 0.15) is 12.4 Å². The second-order valence-corrected chi connectivity index (χ2v) is 3.61. The van der Waals surface area contributed by atoms with Gasteiger partial charge in [-0.2, -0.15) is 0 Å². The number of hydrogen-bond donors (Lipinski definition) is 0. The minimum absolute atomic E-state index is 0.0265. The molecule has 0 radical (unpaired) electrons. The fourth-order valence-corrected chi connectivity index (χ4v) is 1.18. The highest BCUT2D eigenvalue weighted by atomic mass is 19.4. The SMILES string of the molecule is COC(C)COc1ccc(F)cc1[B-](F)(F)F. The van der Waals surface area contributed by atoms with Crippen molar-refractivity contribution in [2.24, 2.45) is 0 Å². The Balaban J connectivity index is 2.91. The van der Waals surface area contributed by atoms with Crippen LogP contribution in [0.2, 0.25) is 0 Å². The van der Waals surface area contributed by atoms with Gasteiger partial charge in [-0.25, -0.2) is 4.39 Å². The lowest BCUT2D eigenvalue weighted by molar-refractivity contribution is 0.0719. The molecule has 0 fully saturated rings. The highest BCUT2D eigenvalue weighted by Gasteiger charge is 2.29. The van der Waals surface area contributed by atoms with Gasteiger partial charge < -0.3 is 22.4 Å². The summed E-state index contributed by atoms with van der Waals surface area (Å²) in [7, 11) is 1.42. The standard InChI is InChI=1S/C10H12BF4O2/c1-7(16-2)6-17-10-4-3-8(12)5-9(10)11(13,14)15/h3-5,7H,6H2,1-2H3/q-1. The van der Waals surface area contributed by atoms with Crippen molar-refractivity contribution in [2.45, 2.75) is 13.0 Å². The molecule has 96 valence electrons. The van der Waals surface area contributed by atoms with Gasteiger partial charge in [0.05, 0.1) is 11.9 Å². The van der Waals surface area contributed by atoms with E-state index in [0.717, 1.165) is 12.1 Å². The Morgan fingerprint density at radius 3 is 2.47 bits per heavy atom. The van der Waals surface area contributed by atoms with Crippen molar-refractivity contribution in [3.8, 4) is 5.75 Å². The molecule has 0 aliphatic carbocycles. The predicted octanol–water partition coefficient (Wildman–Crippen LogP) is 2.29. The van der Waals surface area contributed by atoms with Crippen LogP contribution in [0.4, 0.5) is 17.3 Å². The largest absolute Gasteiger partial charge is 0.513 e. The van der Waals surface area contributed by atoms with Crippen LogP contribution >= 0.6 is 0 Å². The molecule has 7 heteroatoms. The zero-order valence-corrected chi connectivity index (χ0v) is 9.42. The molecular formula is C10H12BF4O2-. The van der Waals surface area contributed by atoms with Gasteiger partial charge in [0, 0.05) is 7.11 Å². The van der Waals surface area contributed by atoms with Crippen LogP contribution in [0.25, 0.3) is 0 Å². The average molecular weight is 251 g/mol. The van der Waals surface area contributed by atoms with Crippen LogP contribution in [0, 0.1) is 5.82 Å². The number of methoxy groups -OCH3 is 1. The maximum atomic E-state index is 12.8. The molecule has 1 aromatic rings. The number of halogens is 4. The summed E-state index contributed by atoms with van der Waals surface area (Å²) >= 11 is 0. The van der Waals surface area contributed by atoms with Crippen LogP contribution in [0.3, 0.4) is 0 Å². The quantitative estimate of drug-likeness (QED) is 0.590. The third-order valence-corrected chi connectivity index (χ3v) is 2.20. The van der Waals surface area contributed by atoms with Crippen LogP contribution in [0.1, 0.15) is 6.92 Å². The molecular weight excluding hydrogens is 239 g/mol. The summed E-state index contributed by atoms with van der Waals surface area (Å²) in [6, 6.07) is 2.34. The lowest BCUT2D eigenvalue weighted by atomic mass is 9.79. The zero-order valence-electron chi connectivity index (χ0n) is 9.42. The van der Waals surface area contributed by atoms with E-state index in [-0.39, 0.29) is 18.5 Å². The molecule has 0 amide bonds. The molecule has 0 aromatic heterocycles. The Labute approximate surface area is 96.6 Å². The van der Waals surface area contributed by atoms with Crippen molar-refractivity contribution in [2.75, 3.05) is 13.7 Å². The minimum atomic E-state index is -5.30. The molecule has 1 atom stereocenters. The summed E-state index contributed by atoms with van der Waals surface area (Å²) in [5, 5.41) is 0. The van der Waals surface area contributed by atoms with Crippen LogP contribution in [0.15, 0.2) is 18.2 Å². The van der Waals surface area contributed by atoms with Crippen molar-refractivity contribution in [3.05, 3.63) is 24.0 Å². The van der Waals surface area contributed by atoms with E-state index in [1.165, 1.54) is 7.11 Å². The first-order valence-corrected chi connectivity index (χ1v) is 4.99. The van der Waals surface area contributed by atoms with E-state index in [2.05, 4.69) is 0 Å². The lowest BCUT2D eigenvalue weighted by Crippen LogP contribution is -2.36. The second-order valence-electron chi connectivity index (χ2n) is 3.61. The smallest absolute Gasteiger partial charge is 0.494 e. The topological polar surface area (TPSA) is 18.5 Å². The number of benzene rings is 1. The summed E-state index contributed by atoms with van der Waals surface area (Å²) in [5.41, 5.74) is -1.06. The maximum absolute atomic E-state index is 12.8. The van der Waals surface area contributed by atoms with Crippen LogP contribution in [-0.4, -0.2) is 26.8 Å². The number of ether oxygens (including phenoxy) is 2. The van der Waals surface area contributed by atoms with Crippen molar-refractivity contribution in [3.63, 3.8) is 0 Å². The fraction of sp³-hybridized carbons (Fsp3) is 0.400. The number of rotatable bonds is 5. The van der Waals surface area contributed by atoms with Gasteiger partial charge in [-0.05, 0) is 25.1 Å².